The van der Waals surface area contributed by atoms with Gasteiger partial charge < -0.3 is 20.7 Å². The fraction of sp³-hybridized carbons (Fsp3) is 0.846. The molecule has 0 spiro atoms. The topological polar surface area (TPSA) is 82.2 Å². The van der Waals surface area contributed by atoms with Crippen molar-refractivity contribution in [3.05, 3.63) is 0 Å². The van der Waals surface area contributed by atoms with Crippen LogP contribution in [0.4, 0.5) is 0 Å². The lowest BCUT2D eigenvalue weighted by Crippen LogP contribution is -2.59. The normalized spacial score (nSPS) is 19.2. The highest BCUT2D eigenvalue weighted by atomic mass is 16.4. The zero-order valence-corrected chi connectivity index (χ0v) is 12.6. The van der Waals surface area contributed by atoms with E-state index in [2.05, 4.69) is 10.1 Å². The minimum Gasteiger partial charge on any atom is -0.409 e. The molecule has 0 bridgehead atoms. The number of nitrogens with two attached hydrogens (primary N) is 1. The van der Waals surface area contributed by atoms with Crippen LogP contribution in [-0.2, 0) is 4.79 Å². The second-order valence-electron chi connectivity index (χ2n) is 6.24. The molecule has 1 amide bonds. The summed E-state index contributed by atoms with van der Waals surface area (Å²) in [7, 11) is 5.87. The minimum atomic E-state index is -0.985. The molecule has 1 rings (SSSR count). The summed E-state index contributed by atoms with van der Waals surface area (Å²) < 4.78 is 0. The standard InChI is InChI=1S/C13H26N4O2/c1-12(2,10(14)15-19)11(18)17(5)9-13(16(3)4)7-6-8-13/h19H,6-9H2,1-5H3,(H2,14,15). The van der Waals surface area contributed by atoms with Crippen molar-refractivity contribution in [2.24, 2.45) is 16.3 Å². The Morgan fingerprint density at radius 3 is 2.21 bits per heavy atom. The van der Waals surface area contributed by atoms with E-state index in [0.29, 0.717) is 6.54 Å². The van der Waals surface area contributed by atoms with Crippen LogP contribution in [0.5, 0.6) is 0 Å². The number of carbonyl (C=O) groups excluding carboxylic acids is 1. The van der Waals surface area contributed by atoms with E-state index in [1.807, 2.05) is 14.1 Å². The maximum absolute atomic E-state index is 12.4. The molecule has 0 aromatic rings. The van der Waals surface area contributed by atoms with E-state index in [9.17, 15) is 4.79 Å². The Morgan fingerprint density at radius 2 is 1.89 bits per heavy atom. The van der Waals surface area contributed by atoms with Gasteiger partial charge in [-0.3, -0.25) is 4.79 Å². The Kier molecular flexibility index (Phi) is 4.45. The van der Waals surface area contributed by atoms with Crippen molar-refractivity contribution in [2.45, 2.75) is 38.6 Å². The quantitative estimate of drug-likeness (QED) is 0.333. The summed E-state index contributed by atoms with van der Waals surface area (Å²) in [5, 5.41) is 11.7. The molecule has 6 nitrogen and oxygen atoms in total. The molecule has 110 valence electrons. The Bertz CT molecular complexity index is 373. The zero-order chi connectivity index (χ0) is 14.8. The van der Waals surface area contributed by atoms with Gasteiger partial charge in [0.25, 0.3) is 0 Å². The van der Waals surface area contributed by atoms with Gasteiger partial charge in [-0.25, -0.2) is 0 Å². The van der Waals surface area contributed by atoms with Crippen LogP contribution in [-0.4, -0.2) is 60.0 Å². The molecule has 3 N–H and O–H groups in total. The zero-order valence-electron chi connectivity index (χ0n) is 12.6. The lowest BCUT2D eigenvalue weighted by molar-refractivity contribution is -0.138. The highest BCUT2D eigenvalue weighted by Crippen LogP contribution is 2.37. The van der Waals surface area contributed by atoms with Crippen molar-refractivity contribution in [1.29, 1.82) is 0 Å². The average Bonchev–Trinajstić information content (AvgIpc) is 2.30. The number of oxime groups is 1. The van der Waals surface area contributed by atoms with Crippen molar-refractivity contribution in [1.82, 2.24) is 9.80 Å². The highest BCUT2D eigenvalue weighted by molar-refractivity contribution is 6.05. The van der Waals surface area contributed by atoms with Gasteiger partial charge in [-0.05, 0) is 47.2 Å². The Morgan fingerprint density at radius 1 is 1.37 bits per heavy atom. The number of likely N-dealkylation sites (N-methyl/N-ethyl adjacent to an activating group) is 2. The molecule has 6 heteroatoms. The summed E-state index contributed by atoms with van der Waals surface area (Å²) in [6.07, 6.45) is 3.40. The molecule has 0 atom stereocenters. The summed E-state index contributed by atoms with van der Waals surface area (Å²) in [5.74, 6) is -0.187. The molecular formula is C13H26N4O2. The predicted octanol–water partition coefficient (Wildman–Crippen LogP) is 0.702. The van der Waals surface area contributed by atoms with Gasteiger partial charge >= 0.3 is 0 Å². The molecule has 0 aromatic heterocycles. The van der Waals surface area contributed by atoms with E-state index in [4.69, 9.17) is 10.9 Å². The Hall–Kier alpha value is -1.30. The van der Waals surface area contributed by atoms with Crippen LogP contribution in [0.25, 0.3) is 0 Å². The first kappa shape index (κ1) is 15.8. The molecule has 1 fully saturated rings. The Balaban J connectivity index is 2.78. The van der Waals surface area contributed by atoms with Gasteiger partial charge in [0.1, 0.15) is 5.41 Å². The van der Waals surface area contributed by atoms with Gasteiger partial charge in [0.05, 0.1) is 0 Å². The molecule has 1 aliphatic rings. The Labute approximate surface area is 115 Å². The van der Waals surface area contributed by atoms with Gasteiger partial charge in [0, 0.05) is 19.1 Å². The first-order valence-corrected chi connectivity index (χ1v) is 6.58. The van der Waals surface area contributed by atoms with Crippen LogP contribution in [0.15, 0.2) is 5.16 Å². The van der Waals surface area contributed by atoms with Crippen LogP contribution in [0.1, 0.15) is 33.1 Å². The summed E-state index contributed by atoms with van der Waals surface area (Å²) >= 11 is 0. The van der Waals surface area contributed by atoms with Crippen LogP contribution >= 0.6 is 0 Å². The number of carbonyl (C=O) groups is 1. The summed E-state index contributed by atoms with van der Waals surface area (Å²) in [4.78, 5) is 16.3. The van der Waals surface area contributed by atoms with E-state index in [1.165, 1.54) is 6.42 Å². The van der Waals surface area contributed by atoms with Gasteiger partial charge in [-0.2, -0.15) is 0 Å². The van der Waals surface area contributed by atoms with Gasteiger partial charge in [0.15, 0.2) is 5.84 Å². The number of hydrogen-bond donors (Lipinski definition) is 2. The number of rotatable bonds is 5. The van der Waals surface area contributed by atoms with Crippen molar-refractivity contribution in [3.8, 4) is 0 Å². The maximum atomic E-state index is 12.4. The largest absolute Gasteiger partial charge is 0.409 e. The number of nitrogens with zero attached hydrogens (tertiary/aromatic N) is 3. The van der Waals surface area contributed by atoms with Crippen molar-refractivity contribution in [3.63, 3.8) is 0 Å². The van der Waals surface area contributed by atoms with Crippen molar-refractivity contribution < 1.29 is 10.0 Å². The van der Waals surface area contributed by atoms with Gasteiger partial charge in [-0.15, -0.1) is 0 Å². The first-order valence-electron chi connectivity index (χ1n) is 6.58. The maximum Gasteiger partial charge on any atom is 0.235 e. The van der Waals surface area contributed by atoms with E-state index >= 15 is 0 Å². The predicted molar refractivity (Wildman–Crippen MR) is 75.1 cm³/mol. The summed E-state index contributed by atoms with van der Waals surface area (Å²) in [6.45, 7) is 4.01. The van der Waals surface area contributed by atoms with Crippen molar-refractivity contribution in [2.75, 3.05) is 27.7 Å². The number of amides is 1. The number of amidine groups is 1. The summed E-state index contributed by atoms with van der Waals surface area (Å²) in [6, 6.07) is 0. The van der Waals surface area contributed by atoms with Crippen LogP contribution in [0.3, 0.4) is 0 Å². The van der Waals surface area contributed by atoms with Crippen molar-refractivity contribution >= 4 is 11.7 Å². The molecule has 1 aliphatic carbocycles. The highest BCUT2D eigenvalue weighted by Gasteiger charge is 2.43. The van der Waals surface area contributed by atoms with Crippen LogP contribution in [0.2, 0.25) is 0 Å². The minimum absolute atomic E-state index is 0.0585. The van der Waals surface area contributed by atoms with E-state index in [-0.39, 0.29) is 17.3 Å². The molecule has 0 aliphatic heterocycles. The van der Waals surface area contributed by atoms with E-state index in [1.54, 1.807) is 25.8 Å². The summed E-state index contributed by atoms with van der Waals surface area (Å²) in [5.41, 5.74) is 4.69. The fourth-order valence-electron chi connectivity index (χ4n) is 2.56. The molecule has 0 unspecified atom stereocenters. The third-order valence-corrected chi connectivity index (χ3v) is 4.39. The van der Waals surface area contributed by atoms with E-state index in [0.717, 1.165) is 12.8 Å². The third-order valence-electron chi connectivity index (χ3n) is 4.39. The smallest absolute Gasteiger partial charge is 0.235 e. The molecule has 1 saturated carbocycles. The second-order valence-corrected chi connectivity index (χ2v) is 6.24. The lowest BCUT2D eigenvalue weighted by Gasteiger charge is -2.49. The molecular weight excluding hydrogens is 244 g/mol. The lowest BCUT2D eigenvalue weighted by atomic mass is 9.75. The molecule has 0 aromatic carbocycles. The fourth-order valence-corrected chi connectivity index (χ4v) is 2.56. The van der Waals surface area contributed by atoms with E-state index < -0.39 is 5.41 Å². The first-order chi connectivity index (χ1) is 8.67. The molecule has 0 radical (unpaired) electrons. The molecule has 0 saturated heterocycles. The average molecular weight is 270 g/mol. The SMILES string of the molecule is CN(CC1(N(C)C)CCC1)C(=O)C(C)(C)C(N)=NO. The second kappa shape index (κ2) is 5.36. The van der Waals surface area contributed by atoms with Crippen LogP contribution in [0, 0.1) is 5.41 Å². The monoisotopic (exact) mass is 270 g/mol. The molecule has 19 heavy (non-hydrogen) atoms. The number of hydrogen-bond acceptors (Lipinski definition) is 4. The third kappa shape index (κ3) is 2.83. The van der Waals surface area contributed by atoms with Gasteiger partial charge in [0.2, 0.25) is 5.91 Å². The van der Waals surface area contributed by atoms with Gasteiger partial charge in [-0.1, -0.05) is 5.16 Å². The molecule has 0 heterocycles. The van der Waals surface area contributed by atoms with Crippen LogP contribution < -0.4 is 5.73 Å².